The van der Waals surface area contributed by atoms with Gasteiger partial charge in [0.1, 0.15) is 0 Å². The Balaban J connectivity index is 3.00. The molecule has 2 atom stereocenters. The van der Waals surface area contributed by atoms with Gasteiger partial charge >= 0.3 is 0 Å². The average molecular weight is 335 g/mol. The first kappa shape index (κ1) is 15.5. The minimum Gasteiger partial charge on any atom is -0.399 e. The number of halogens is 1. The second kappa shape index (κ2) is 6.04. The molecule has 0 saturated carbocycles. The van der Waals surface area contributed by atoms with Gasteiger partial charge in [0.15, 0.2) is 0 Å². The Morgan fingerprint density at radius 3 is 2.50 bits per heavy atom. The van der Waals surface area contributed by atoms with E-state index in [2.05, 4.69) is 20.7 Å². The zero-order valence-electron chi connectivity index (χ0n) is 10.8. The second-order valence-corrected chi connectivity index (χ2v) is 7.02. The molecule has 0 heterocycles. The number of nitrogens with two attached hydrogens (primary N) is 1. The molecule has 0 spiro atoms. The highest BCUT2D eigenvalue weighted by Gasteiger charge is 2.22. The lowest BCUT2D eigenvalue weighted by atomic mass is 10.0. The van der Waals surface area contributed by atoms with Crippen molar-refractivity contribution in [2.45, 2.75) is 38.1 Å². The standard InChI is InChI=1S/C12H19BrN2O2S/c1-4-8(2)9(3)15-18(16,17)12-6-5-10(14)7-11(12)13/h5-9,15H,4,14H2,1-3H3. The molecule has 0 aliphatic carbocycles. The first-order valence-electron chi connectivity index (χ1n) is 5.85. The Morgan fingerprint density at radius 2 is 2.00 bits per heavy atom. The van der Waals surface area contributed by atoms with Crippen molar-refractivity contribution in [3.05, 3.63) is 22.7 Å². The lowest BCUT2D eigenvalue weighted by molar-refractivity contribution is 0.434. The van der Waals surface area contributed by atoms with Gasteiger partial charge in [-0.25, -0.2) is 13.1 Å². The third kappa shape index (κ3) is 3.70. The number of hydrogen-bond acceptors (Lipinski definition) is 3. The number of nitrogens with one attached hydrogen (secondary N) is 1. The van der Waals surface area contributed by atoms with Gasteiger partial charge in [0, 0.05) is 16.2 Å². The monoisotopic (exact) mass is 334 g/mol. The van der Waals surface area contributed by atoms with Crippen molar-refractivity contribution in [2.75, 3.05) is 5.73 Å². The topological polar surface area (TPSA) is 72.2 Å². The molecule has 102 valence electrons. The normalized spacial score (nSPS) is 15.3. The van der Waals surface area contributed by atoms with Crippen LogP contribution in [0.3, 0.4) is 0 Å². The number of nitrogen functional groups attached to an aromatic ring is 1. The largest absolute Gasteiger partial charge is 0.399 e. The molecule has 1 aromatic rings. The van der Waals surface area contributed by atoms with E-state index in [0.717, 1.165) is 6.42 Å². The van der Waals surface area contributed by atoms with Crippen LogP contribution in [0.4, 0.5) is 5.69 Å². The smallest absolute Gasteiger partial charge is 0.241 e. The summed E-state index contributed by atoms with van der Waals surface area (Å²) in [4.78, 5) is 0.215. The van der Waals surface area contributed by atoms with Crippen LogP contribution in [0.1, 0.15) is 27.2 Å². The minimum atomic E-state index is -3.51. The van der Waals surface area contributed by atoms with Gasteiger partial charge in [-0.15, -0.1) is 0 Å². The van der Waals surface area contributed by atoms with Crippen LogP contribution >= 0.6 is 15.9 Å². The summed E-state index contributed by atoms with van der Waals surface area (Å²) in [6.07, 6.45) is 0.923. The van der Waals surface area contributed by atoms with Crippen molar-refractivity contribution in [3.63, 3.8) is 0 Å². The maximum Gasteiger partial charge on any atom is 0.241 e. The summed E-state index contributed by atoms with van der Waals surface area (Å²) in [5, 5.41) is 0. The summed E-state index contributed by atoms with van der Waals surface area (Å²) in [6, 6.07) is 4.56. The van der Waals surface area contributed by atoms with Crippen molar-refractivity contribution < 1.29 is 8.42 Å². The van der Waals surface area contributed by atoms with E-state index in [1.807, 2.05) is 20.8 Å². The van der Waals surface area contributed by atoms with Crippen molar-refractivity contribution in [3.8, 4) is 0 Å². The summed E-state index contributed by atoms with van der Waals surface area (Å²) in [5.74, 6) is 0.285. The van der Waals surface area contributed by atoms with Gasteiger partial charge in [0.05, 0.1) is 4.90 Å². The molecule has 0 aliphatic rings. The fourth-order valence-corrected chi connectivity index (χ4v) is 3.96. The Hall–Kier alpha value is -0.590. The predicted molar refractivity (Wildman–Crippen MR) is 77.8 cm³/mol. The molecule has 0 bridgehead atoms. The van der Waals surface area contributed by atoms with Crippen LogP contribution in [0.25, 0.3) is 0 Å². The van der Waals surface area contributed by atoms with Crippen LogP contribution in [-0.4, -0.2) is 14.5 Å². The first-order valence-corrected chi connectivity index (χ1v) is 8.13. The van der Waals surface area contributed by atoms with Gasteiger partial charge in [0.2, 0.25) is 10.0 Å². The molecule has 0 radical (unpaired) electrons. The molecule has 2 unspecified atom stereocenters. The van der Waals surface area contributed by atoms with Gasteiger partial charge in [-0.1, -0.05) is 20.3 Å². The fraction of sp³-hybridized carbons (Fsp3) is 0.500. The molecule has 3 N–H and O–H groups in total. The van der Waals surface area contributed by atoms with Crippen LogP contribution in [0.5, 0.6) is 0 Å². The van der Waals surface area contributed by atoms with Crippen molar-refractivity contribution >= 4 is 31.6 Å². The number of rotatable bonds is 5. The number of hydrogen-bond donors (Lipinski definition) is 2. The van der Waals surface area contributed by atoms with E-state index < -0.39 is 10.0 Å². The summed E-state index contributed by atoms with van der Waals surface area (Å²) in [6.45, 7) is 5.93. The lowest BCUT2D eigenvalue weighted by Crippen LogP contribution is -2.37. The minimum absolute atomic E-state index is 0.107. The molecule has 1 rings (SSSR count). The summed E-state index contributed by atoms with van der Waals surface area (Å²) in [7, 11) is -3.51. The van der Waals surface area contributed by atoms with E-state index in [1.54, 1.807) is 12.1 Å². The molecule has 18 heavy (non-hydrogen) atoms. The molecule has 1 aromatic carbocycles. The van der Waals surface area contributed by atoms with Gasteiger partial charge in [-0.05, 0) is 47.0 Å². The second-order valence-electron chi connectivity index (χ2n) is 4.49. The maximum absolute atomic E-state index is 12.2. The Labute approximate surface area is 117 Å². The van der Waals surface area contributed by atoms with Gasteiger partial charge in [-0.3, -0.25) is 0 Å². The van der Waals surface area contributed by atoms with E-state index >= 15 is 0 Å². The number of anilines is 1. The van der Waals surface area contributed by atoms with E-state index in [4.69, 9.17) is 5.73 Å². The Morgan fingerprint density at radius 1 is 1.39 bits per heavy atom. The lowest BCUT2D eigenvalue weighted by Gasteiger charge is -2.20. The maximum atomic E-state index is 12.2. The SMILES string of the molecule is CCC(C)C(C)NS(=O)(=O)c1ccc(N)cc1Br. The molecule has 0 saturated heterocycles. The predicted octanol–water partition coefficient (Wildman–Crippen LogP) is 2.74. The fourth-order valence-electron chi connectivity index (χ4n) is 1.51. The van der Waals surface area contributed by atoms with Crippen LogP contribution in [0, 0.1) is 5.92 Å². The molecule has 6 heteroatoms. The zero-order chi connectivity index (χ0) is 13.9. The third-order valence-corrected chi connectivity index (χ3v) is 5.62. The van der Waals surface area contributed by atoms with Crippen molar-refractivity contribution in [1.29, 1.82) is 0 Å². The van der Waals surface area contributed by atoms with Gasteiger partial charge in [-0.2, -0.15) is 0 Å². The Kier molecular flexibility index (Phi) is 5.19. The Bertz CT molecular complexity index is 517. The van der Waals surface area contributed by atoms with Crippen molar-refractivity contribution in [1.82, 2.24) is 4.72 Å². The molecule has 0 aliphatic heterocycles. The quantitative estimate of drug-likeness (QED) is 0.813. The van der Waals surface area contributed by atoms with Crippen molar-refractivity contribution in [2.24, 2.45) is 5.92 Å². The molecule has 4 nitrogen and oxygen atoms in total. The van der Waals surface area contributed by atoms with Crippen LogP contribution in [0.2, 0.25) is 0 Å². The molecular formula is C12H19BrN2O2S. The summed E-state index contributed by atoms with van der Waals surface area (Å²) >= 11 is 3.23. The third-order valence-electron chi connectivity index (χ3n) is 3.08. The number of benzene rings is 1. The van der Waals surface area contributed by atoms with Gasteiger partial charge in [0.25, 0.3) is 0 Å². The summed E-state index contributed by atoms with van der Waals surface area (Å²) in [5.41, 5.74) is 6.12. The number of sulfonamides is 1. The average Bonchev–Trinajstić information content (AvgIpc) is 2.26. The molecule has 0 fully saturated rings. The van der Waals surface area contributed by atoms with Crippen LogP contribution < -0.4 is 10.5 Å². The highest BCUT2D eigenvalue weighted by Crippen LogP contribution is 2.24. The van der Waals surface area contributed by atoms with Crippen LogP contribution in [0.15, 0.2) is 27.6 Å². The van der Waals surface area contributed by atoms with Crippen LogP contribution in [-0.2, 0) is 10.0 Å². The highest BCUT2D eigenvalue weighted by molar-refractivity contribution is 9.10. The van der Waals surface area contributed by atoms with Gasteiger partial charge < -0.3 is 5.73 Å². The highest BCUT2D eigenvalue weighted by atomic mass is 79.9. The zero-order valence-corrected chi connectivity index (χ0v) is 13.2. The molecular weight excluding hydrogens is 316 g/mol. The summed E-state index contributed by atoms with van der Waals surface area (Å²) < 4.78 is 27.6. The van der Waals surface area contributed by atoms with E-state index in [1.165, 1.54) is 6.07 Å². The van der Waals surface area contributed by atoms with E-state index in [0.29, 0.717) is 10.2 Å². The molecule has 0 amide bonds. The van der Waals surface area contributed by atoms with E-state index in [9.17, 15) is 8.42 Å². The first-order chi connectivity index (χ1) is 8.27. The van der Waals surface area contributed by atoms with E-state index in [-0.39, 0.29) is 16.9 Å². The molecule has 0 aromatic heterocycles.